The maximum atomic E-state index is 14.7. The van der Waals surface area contributed by atoms with Crippen molar-refractivity contribution >= 4 is 28.6 Å². The van der Waals surface area contributed by atoms with E-state index in [2.05, 4.69) is 14.9 Å². The Morgan fingerprint density at radius 1 is 1.31 bits per heavy atom. The number of ether oxygens (including phenoxy) is 1. The first-order valence-electron chi connectivity index (χ1n) is 11.8. The van der Waals surface area contributed by atoms with Crippen molar-refractivity contribution in [3.05, 3.63) is 60.2 Å². The lowest BCUT2D eigenvalue weighted by atomic mass is 9.81. The zero-order valence-corrected chi connectivity index (χ0v) is 20.5. The number of aliphatic hydroxyl groups is 1. The molecule has 2 N–H and O–H groups in total. The number of methoxy groups -OCH3 is 1. The van der Waals surface area contributed by atoms with E-state index < -0.39 is 23.8 Å². The van der Waals surface area contributed by atoms with Crippen molar-refractivity contribution in [3.8, 4) is 5.75 Å². The fourth-order valence-corrected chi connectivity index (χ4v) is 5.63. The molecule has 35 heavy (non-hydrogen) atoms. The van der Waals surface area contributed by atoms with E-state index >= 15 is 0 Å². The number of carboxylic acid groups (broad SMARTS) is 1. The van der Waals surface area contributed by atoms with Crippen LogP contribution in [0.4, 0.5) is 4.39 Å². The number of likely N-dealkylation sites (tertiary alicyclic amines) is 1. The number of hydrogen-bond acceptors (Lipinski definition) is 7. The highest BCUT2D eigenvalue weighted by Crippen LogP contribution is 2.35. The maximum Gasteiger partial charge on any atom is 0.308 e. The summed E-state index contributed by atoms with van der Waals surface area (Å²) < 4.78 is 19.9. The Labute approximate surface area is 208 Å². The van der Waals surface area contributed by atoms with Crippen LogP contribution in [0.2, 0.25) is 0 Å². The van der Waals surface area contributed by atoms with Gasteiger partial charge in [-0.15, -0.1) is 11.8 Å². The molecule has 1 fully saturated rings. The Morgan fingerprint density at radius 3 is 2.91 bits per heavy atom. The molecule has 1 aliphatic rings. The fourth-order valence-electron chi connectivity index (χ4n) is 4.76. The predicted octanol–water partition coefficient (Wildman–Crippen LogP) is 4.41. The van der Waals surface area contributed by atoms with Crippen molar-refractivity contribution in [2.24, 2.45) is 11.8 Å². The summed E-state index contributed by atoms with van der Waals surface area (Å²) in [5, 5.41) is 22.3. The number of aliphatic carboxylic acids is 1. The Hall–Kier alpha value is -2.75. The minimum Gasteiger partial charge on any atom is -0.497 e. The molecule has 4 rings (SSSR count). The predicted molar refractivity (Wildman–Crippen MR) is 133 cm³/mol. The molecular formula is C26H30FN3O4S. The summed E-state index contributed by atoms with van der Waals surface area (Å²) in [4.78, 5) is 22.6. The number of fused-ring (bicyclic) bond motifs is 1. The molecule has 2 aromatic heterocycles. The highest BCUT2D eigenvalue weighted by atomic mass is 32.2. The lowest BCUT2D eigenvalue weighted by molar-refractivity contribution is -0.146. The number of nitrogens with zero attached hydrogens (tertiary/aromatic N) is 3. The van der Waals surface area contributed by atoms with E-state index in [0.717, 1.165) is 36.5 Å². The van der Waals surface area contributed by atoms with E-state index in [0.29, 0.717) is 29.6 Å². The van der Waals surface area contributed by atoms with Gasteiger partial charge in [0.05, 0.1) is 35.9 Å². The summed E-state index contributed by atoms with van der Waals surface area (Å²) in [6, 6.07) is 10.9. The number of rotatable bonds is 10. The maximum absolute atomic E-state index is 14.7. The van der Waals surface area contributed by atoms with Gasteiger partial charge in [0.2, 0.25) is 0 Å². The summed E-state index contributed by atoms with van der Waals surface area (Å²) in [6.45, 7) is 2.07. The zero-order chi connectivity index (χ0) is 24.8. The first-order valence-corrected chi connectivity index (χ1v) is 12.7. The fraction of sp³-hybridized carbons (Fsp3) is 0.423. The molecule has 186 valence electrons. The summed E-state index contributed by atoms with van der Waals surface area (Å²) in [5.41, 5.74) is 0.756. The largest absolute Gasteiger partial charge is 0.497 e. The van der Waals surface area contributed by atoms with Gasteiger partial charge in [0.25, 0.3) is 0 Å². The first kappa shape index (κ1) is 25.3. The lowest BCUT2D eigenvalue weighted by Crippen LogP contribution is -2.44. The van der Waals surface area contributed by atoms with Crippen LogP contribution in [0.5, 0.6) is 5.75 Å². The molecule has 0 spiro atoms. The van der Waals surface area contributed by atoms with Gasteiger partial charge in [0, 0.05) is 36.0 Å². The van der Waals surface area contributed by atoms with Crippen LogP contribution >= 0.6 is 11.8 Å². The van der Waals surface area contributed by atoms with Crippen LogP contribution in [0, 0.1) is 17.7 Å². The number of piperidine rings is 1. The molecule has 0 aliphatic carbocycles. The highest BCUT2D eigenvalue weighted by Gasteiger charge is 2.34. The molecular weight excluding hydrogens is 469 g/mol. The monoisotopic (exact) mass is 499 g/mol. The molecule has 2 unspecified atom stereocenters. The van der Waals surface area contributed by atoms with Gasteiger partial charge in [0.15, 0.2) is 0 Å². The zero-order valence-electron chi connectivity index (χ0n) is 19.6. The number of pyridine rings is 2. The summed E-state index contributed by atoms with van der Waals surface area (Å²) in [5.74, 6) is -0.602. The van der Waals surface area contributed by atoms with E-state index in [1.807, 2.05) is 18.2 Å². The van der Waals surface area contributed by atoms with Crippen molar-refractivity contribution in [3.63, 3.8) is 0 Å². The molecule has 0 saturated carbocycles. The molecule has 0 amide bonds. The molecule has 3 aromatic rings. The molecule has 1 aliphatic heterocycles. The van der Waals surface area contributed by atoms with E-state index in [1.165, 1.54) is 7.11 Å². The van der Waals surface area contributed by atoms with Crippen LogP contribution in [0.3, 0.4) is 0 Å². The molecule has 7 nitrogen and oxygen atoms in total. The van der Waals surface area contributed by atoms with Crippen molar-refractivity contribution in [2.75, 3.05) is 32.5 Å². The topological polar surface area (TPSA) is 95.8 Å². The van der Waals surface area contributed by atoms with Crippen LogP contribution in [0.1, 0.15) is 30.9 Å². The second-order valence-corrected chi connectivity index (χ2v) is 9.92. The van der Waals surface area contributed by atoms with Crippen LogP contribution < -0.4 is 4.74 Å². The second kappa shape index (κ2) is 11.8. The van der Waals surface area contributed by atoms with Crippen LogP contribution in [-0.4, -0.2) is 63.5 Å². The van der Waals surface area contributed by atoms with E-state index in [9.17, 15) is 19.4 Å². The van der Waals surface area contributed by atoms with Crippen LogP contribution in [0.25, 0.3) is 10.9 Å². The Kier molecular flexibility index (Phi) is 8.54. The molecule has 0 bridgehead atoms. The van der Waals surface area contributed by atoms with Gasteiger partial charge in [0.1, 0.15) is 11.6 Å². The molecule has 0 radical (unpaired) electrons. The SMILES string of the molecule is COc1ccc2ncc(F)c([C@H](O)CCC3CCN(CCSc4ccccn4)CC3C(=O)O)c2c1. The highest BCUT2D eigenvalue weighted by molar-refractivity contribution is 7.99. The minimum atomic E-state index is -1.06. The molecule has 3 atom stereocenters. The van der Waals surface area contributed by atoms with Gasteiger partial charge in [-0.05, 0) is 62.1 Å². The Morgan fingerprint density at radius 2 is 2.17 bits per heavy atom. The van der Waals surface area contributed by atoms with Gasteiger partial charge < -0.3 is 19.8 Å². The normalized spacial score (nSPS) is 19.5. The van der Waals surface area contributed by atoms with Gasteiger partial charge in [-0.2, -0.15) is 0 Å². The van der Waals surface area contributed by atoms with Gasteiger partial charge in [-0.3, -0.25) is 9.78 Å². The van der Waals surface area contributed by atoms with E-state index in [-0.39, 0.29) is 17.9 Å². The third-order valence-corrected chi connectivity index (χ3v) is 7.59. The lowest BCUT2D eigenvalue weighted by Gasteiger charge is -2.36. The number of thioether (sulfide) groups is 1. The Bertz CT molecular complexity index is 1150. The first-order chi connectivity index (χ1) is 17.0. The van der Waals surface area contributed by atoms with E-state index in [4.69, 9.17) is 4.74 Å². The standard InChI is InChI=1S/C26H30FN3O4S/c1-34-18-6-7-22-19(14-18)25(21(27)15-29-22)23(31)8-5-17-9-11-30(16-20(17)26(32)33)12-13-35-24-4-2-3-10-28-24/h2-4,6-7,10,14-15,17,20,23,31H,5,8-9,11-13,16H2,1H3,(H,32,33)/t17?,20?,23-/m1/s1. The smallest absolute Gasteiger partial charge is 0.308 e. The summed E-state index contributed by atoms with van der Waals surface area (Å²) in [6.07, 6.45) is 3.33. The van der Waals surface area contributed by atoms with Crippen molar-refractivity contribution in [1.29, 1.82) is 0 Å². The molecule has 9 heteroatoms. The van der Waals surface area contributed by atoms with Crippen LogP contribution in [0.15, 0.2) is 53.8 Å². The second-order valence-electron chi connectivity index (χ2n) is 8.81. The van der Waals surface area contributed by atoms with Gasteiger partial charge in [-0.1, -0.05) is 6.07 Å². The van der Waals surface area contributed by atoms with E-state index in [1.54, 1.807) is 36.2 Å². The summed E-state index contributed by atoms with van der Waals surface area (Å²) in [7, 11) is 1.53. The number of aliphatic hydroxyl groups excluding tert-OH is 1. The van der Waals surface area contributed by atoms with Crippen LogP contribution in [-0.2, 0) is 4.79 Å². The average Bonchev–Trinajstić information content (AvgIpc) is 2.87. The van der Waals surface area contributed by atoms with Gasteiger partial charge >= 0.3 is 5.97 Å². The number of carboxylic acids is 1. The number of carbonyl (C=O) groups is 1. The minimum absolute atomic E-state index is 0.0764. The third-order valence-electron chi connectivity index (χ3n) is 6.66. The molecule has 1 saturated heterocycles. The average molecular weight is 500 g/mol. The third kappa shape index (κ3) is 6.28. The number of aromatic nitrogens is 2. The molecule has 3 heterocycles. The number of benzene rings is 1. The van der Waals surface area contributed by atoms with Gasteiger partial charge in [-0.25, -0.2) is 9.37 Å². The Balaban J connectivity index is 1.37. The molecule has 1 aromatic carbocycles. The van der Waals surface area contributed by atoms with Crippen molar-refractivity contribution in [2.45, 2.75) is 30.4 Å². The number of hydrogen-bond donors (Lipinski definition) is 2. The quantitative estimate of drug-likeness (QED) is 0.396. The number of halogens is 1. The van der Waals surface area contributed by atoms with Crippen molar-refractivity contribution < 1.29 is 24.1 Å². The van der Waals surface area contributed by atoms with Crippen molar-refractivity contribution in [1.82, 2.24) is 14.9 Å². The summed E-state index contributed by atoms with van der Waals surface area (Å²) >= 11 is 1.66.